The van der Waals surface area contributed by atoms with Crippen molar-refractivity contribution in [3.63, 3.8) is 0 Å². The van der Waals surface area contributed by atoms with Crippen LogP contribution in [0.1, 0.15) is 5.56 Å². The third-order valence-electron chi connectivity index (χ3n) is 1.36. The summed E-state index contributed by atoms with van der Waals surface area (Å²) in [6, 6.07) is 6.87. The summed E-state index contributed by atoms with van der Waals surface area (Å²) in [4.78, 5) is 0.563. The number of hydrogen-bond acceptors (Lipinski definition) is 2. The Kier molecular flexibility index (Phi) is 6.03. The van der Waals surface area contributed by atoms with Crippen LogP contribution in [0.5, 0.6) is 0 Å². The molecular formula is C8H10ClF2NS. The van der Waals surface area contributed by atoms with Gasteiger partial charge in [-0.1, -0.05) is 23.9 Å². The Labute approximate surface area is 86.1 Å². The molecule has 0 radical (unpaired) electrons. The predicted molar refractivity (Wildman–Crippen MR) is 53.4 cm³/mol. The van der Waals surface area contributed by atoms with Crippen LogP contribution < -0.4 is 5.73 Å². The molecule has 5 heteroatoms. The lowest BCUT2D eigenvalue weighted by atomic mass is 10.2. The van der Waals surface area contributed by atoms with Gasteiger partial charge in [-0.2, -0.15) is 8.78 Å². The maximum absolute atomic E-state index is 11.9. The Hall–Kier alpha value is -0.320. The Morgan fingerprint density at radius 2 is 2.08 bits per heavy atom. The SMILES string of the molecule is Cl.NCc1cccc(SC(F)F)c1. The first-order chi connectivity index (χ1) is 5.72. The molecule has 1 rings (SSSR count). The van der Waals surface area contributed by atoms with Crippen molar-refractivity contribution in [3.8, 4) is 0 Å². The van der Waals surface area contributed by atoms with E-state index in [0.29, 0.717) is 23.2 Å². The summed E-state index contributed by atoms with van der Waals surface area (Å²) in [6.07, 6.45) is 0. The van der Waals surface area contributed by atoms with Gasteiger partial charge in [0.05, 0.1) is 0 Å². The van der Waals surface area contributed by atoms with E-state index in [2.05, 4.69) is 0 Å². The first-order valence-corrected chi connectivity index (χ1v) is 4.34. The second-order valence-electron chi connectivity index (χ2n) is 2.23. The fourth-order valence-electron chi connectivity index (χ4n) is 0.849. The summed E-state index contributed by atoms with van der Waals surface area (Å²) >= 11 is 0.539. The van der Waals surface area contributed by atoms with Gasteiger partial charge in [0.2, 0.25) is 0 Å². The highest BCUT2D eigenvalue weighted by atomic mass is 35.5. The molecule has 13 heavy (non-hydrogen) atoms. The zero-order chi connectivity index (χ0) is 8.97. The Balaban J connectivity index is 0.00000144. The fraction of sp³-hybridized carbons (Fsp3) is 0.250. The van der Waals surface area contributed by atoms with Crippen molar-refractivity contribution in [1.82, 2.24) is 0 Å². The van der Waals surface area contributed by atoms with Crippen molar-refractivity contribution in [1.29, 1.82) is 0 Å². The van der Waals surface area contributed by atoms with Gasteiger partial charge in [-0.3, -0.25) is 0 Å². The van der Waals surface area contributed by atoms with Gasteiger partial charge in [0.25, 0.3) is 5.76 Å². The molecule has 0 heterocycles. The third-order valence-corrected chi connectivity index (χ3v) is 2.06. The lowest BCUT2D eigenvalue weighted by Crippen LogP contribution is -1.95. The molecule has 0 atom stereocenters. The largest absolute Gasteiger partial charge is 0.326 e. The average Bonchev–Trinajstić information content (AvgIpc) is 2.03. The number of nitrogens with two attached hydrogens (primary N) is 1. The highest BCUT2D eigenvalue weighted by Crippen LogP contribution is 2.25. The van der Waals surface area contributed by atoms with Crippen LogP contribution in [-0.2, 0) is 6.54 Å². The zero-order valence-corrected chi connectivity index (χ0v) is 8.38. The van der Waals surface area contributed by atoms with Gasteiger partial charge >= 0.3 is 0 Å². The minimum atomic E-state index is -2.36. The Bertz CT molecular complexity index is 258. The molecule has 1 aromatic rings. The highest BCUT2D eigenvalue weighted by molar-refractivity contribution is 7.99. The topological polar surface area (TPSA) is 26.0 Å². The minimum Gasteiger partial charge on any atom is -0.326 e. The number of hydrogen-bond donors (Lipinski definition) is 1. The highest BCUT2D eigenvalue weighted by Gasteiger charge is 2.04. The molecule has 2 N–H and O–H groups in total. The van der Waals surface area contributed by atoms with Crippen LogP contribution in [0.2, 0.25) is 0 Å². The molecular weight excluding hydrogens is 216 g/mol. The van der Waals surface area contributed by atoms with Crippen LogP contribution in [0.15, 0.2) is 29.2 Å². The smallest absolute Gasteiger partial charge is 0.288 e. The van der Waals surface area contributed by atoms with Gasteiger partial charge in [0, 0.05) is 11.4 Å². The molecule has 0 aliphatic rings. The number of rotatable bonds is 3. The zero-order valence-electron chi connectivity index (χ0n) is 6.74. The lowest BCUT2D eigenvalue weighted by molar-refractivity contribution is 0.252. The first-order valence-electron chi connectivity index (χ1n) is 3.46. The van der Waals surface area contributed by atoms with Crippen molar-refractivity contribution in [2.45, 2.75) is 17.2 Å². The standard InChI is InChI=1S/C8H9F2NS.ClH/c9-8(10)12-7-3-1-2-6(4-7)5-11;/h1-4,8H,5,11H2;1H. The molecule has 0 spiro atoms. The van der Waals surface area contributed by atoms with E-state index in [0.717, 1.165) is 5.56 Å². The van der Waals surface area contributed by atoms with Crippen molar-refractivity contribution < 1.29 is 8.78 Å². The molecule has 0 aliphatic carbocycles. The average molecular weight is 226 g/mol. The van der Waals surface area contributed by atoms with E-state index >= 15 is 0 Å². The summed E-state index contributed by atoms with van der Waals surface area (Å²) < 4.78 is 23.8. The molecule has 74 valence electrons. The van der Waals surface area contributed by atoms with Gasteiger partial charge in [-0.05, 0) is 17.7 Å². The van der Waals surface area contributed by atoms with E-state index in [1.165, 1.54) is 0 Å². The summed E-state index contributed by atoms with van der Waals surface area (Å²) in [7, 11) is 0. The van der Waals surface area contributed by atoms with Crippen LogP contribution in [-0.4, -0.2) is 5.76 Å². The minimum absolute atomic E-state index is 0. The number of halogens is 3. The molecule has 0 saturated carbocycles. The van der Waals surface area contributed by atoms with Gasteiger partial charge < -0.3 is 5.73 Å². The monoisotopic (exact) mass is 225 g/mol. The maximum atomic E-state index is 11.9. The fourth-order valence-corrected chi connectivity index (χ4v) is 1.43. The van der Waals surface area contributed by atoms with Crippen molar-refractivity contribution in [3.05, 3.63) is 29.8 Å². The van der Waals surface area contributed by atoms with Gasteiger partial charge in [0.15, 0.2) is 0 Å². The van der Waals surface area contributed by atoms with Gasteiger partial charge in [-0.25, -0.2) is 0 Å². The van der Waals surface area contributed by atoms with E-state index in [4.69, 9.17) is 5.73 Å². The number of benzene rings is 1. The Morgan fingerprint density at radius 1 is 1.38 bits per heavy atom. The number of alkyl halides is 2. The predicted octanol–water partition coefficient (Wildman–Crippen LogP) is 2.88. The van der Waals surface area contributed by atoms with Crippen LogP contribution in [0.4, 0.5) is 8.78 Å². The van der Waals surface area contributed by atoms with E-state index in [9.17, 15) is 8.78 Å². The molecule has 0 aromatic heterocycles. The molecule has 0 unspecified atom stereocenters. The number of thioether (sulfide) groups is 1. The lowest BCUT2D eigenvalue weighted by Gasteiger charge is -2.01. The first kappa shape index (κ1) is 12.7. The van der Waals surface area contributed by atoms with E-state index in [1.807, 2.05) is 6.07 Å². The Morgan fingerprint density at radius 3 is 2.62 bits per heavy atom. The molecule has 0 saturated heterocycles. The summed E-state index contributed by atoms with van der Waals surface area (Å²) in [5, 5.41) is 0. The van der Waals surface area contributed by atoms with E-state index < -0.39 is 5.76 Å². The van der Waals surface area contributed by atoms with E-state index in [1.54, 1.807) is 18.2 Å². The molecule has 0 fully saturated rings. The van der Waals surface area contributed by atoms with Crippen molar-refractivity contribution >= 4 is 24.2 Å². The summed E-state index contributed by atoms with van der Waals surface area (Å²) in [5.41, 5.74) is 6.23. The molecule has 0 bridgehead atoms. The molecule has 1 nitrogen and oxygen atoms in total. The third kappa shape index (κ3) is 4.45. The van der Waals surface area contributed by atoms with Crippen LogP contribution >= 0.6 is 24.2 Å². The van der Waals surface area contributed by atoms with E-state index in [-0.39, 0.29) is 12.4 Å². The summed E-state index contributed by atoms with van der Waals surface area (Å²) in [5.74, 6) is -2.36. The van der Waals surface area contributed by atoms with Gasteiger partial charge in [0.1, 0.15) is 0 Å². The molecule has 0 amide bonds. The van der Waals surface area contributed by atoms with Gasteiger partial charge in [-0.15, -0.1) is 12.4 Å². The second kappa shape index (κ2) is 6.18. The second-order valence-corrected chi connectivity index (χ2v) is 3.29. The van der Waals surface area contributed by atoms with Crippen LogP contribution in [0.25, 0.3) is 0 Å². The molecule has 0 aliphatic heterocycles. The maximum Gasteiger partial charge on any atom is 0.288 e. The quantitative estimate of drug-likeness (QED) is 0.801. The van der Waals surface area contributed by atoms with Crippen molar-refractivity contribution in [2.75, 3.05) is 0 Å². The van der Waals surface area contributed by atoms with Crippen molar-refractivity contribution in [2.24, 2.45) is 5.73 Å². The van der Waals surface area contributed by atoms with Crippen LogP contribution in [0, 0.1) is 0 Å². The van der Waals surface area contributed by atoms with Crippen LogP contribution in [0.3, 0.4) is 0 Å². The molecule has 1 aromatic carbocycles. The summed E-state index contributed by atoms with van der Waals surface area (Å²) in [6.45, 7) is 0.387. The normalized spacial score (nSPS) is 9.85.